The van der Waals surface area contributed by atoms with E-state index in [1.165, 1.54) is 64.2 Å². The lowest BCUT2D eigenvalue weighted by Gasteiger charge is -2.33. The van der Waals surface area contributed by atoms with Gasteiger partial charge in [0, 0.05) is 25.2 Å². The molecule has 2 aliphatic rings. The standard InChI is InChI=1S/C16H32N2O/c1-2-19-18(16-11-7-4-8-12-16)14-13-17-15-9-5-3-6-10-15/h15-17H,2-14H2,1H3. The molecule has 0 atom stereocenters. The monoisotopic (exact) mass is 268 g/mol. The molecule has 2 fully saturated rings. The summed E-state index contributed by atoms with van der Waals surface area (Å²) in [7, 11) is 0. The molecule has 0 radical (unpaired) electrons. The van der Waals surface area contributed by atoms with Crippen LogP contribution in [-0.4, -0.2) is 36.8 Å². The van der Waals surface area contributed by atoms with Crippen LogP contribution in [-0.2, 0) is 4.84 Å². The molecule has 0 unspecified atom stereocenters. The number of hydroxylamine groups is 2. The van der Waals surface area contributed by atoms with Crippen molar-refractivity contribution in [3.8, 4) is 0 Å². The zero-order valence-corrected chi connectivity index (χ0v) is 12.7. The van der Waals surface area contributed by atoms with E-state index in [9.17, 15) is 0 Å². The van der Waals surface area contributed by atoms with E-state index in [-0.39, 0.29) is 0 Å². The molecule has 0 aromatic rings. The molecule has 2 aliphatic carbocycles. The maximum absolute atomic E-state index is 5.86. The fourth-order valence-electron chi connectivity index (χ4n) is 3.57. The predicted molar refractivity (Wildman–Crippen MR) is 80.1 cm³/mol. The lowest BCUT2D eigenvalue weighted by atomic mass is 9.95. The molecule has 2 saturated carbocycles. The minimum Gasteiger partial charge on any atom is -0.313 e. The number of hydrogen-bond acceptors (Lipinski definition) is 3. The highest BCUT2D eigenvalue weighted by atomic mass is 16.7. The van der Waals surface area contributed by atoms with Crippen LogP contribution >= 0.6 is 0 Å². The molecule has 0 amide bonds. The molecule has 0 bridgehead atoms. The molecular weight excluding hydrogens is 236 g/mol. The topological polar surface area (TPSA) is 24.5 Å². The minimum absolute atomic E-state index is 0.668. The molecule has 3 heteroatoms. The van der Waals surface area contributed by atoms with Crippen molar-refractivity contribution in [2.45, 2.75) is 83.2 Å². The van der Waals surface area contributed by atoms with Gasteiger partial charge in [-0.15, -0.1) is 0 Å². The van der Waals surface area contributed by atoms with Gasteiger partial charge in [0.05, 0.1) is 6.61 Å². The molecular formula is C16H32N2O. The average molecular weight is 268 g/mol. The first-order valence-corrected chi connectivity index (χ1v) is 8.53. The van der Waals surface area contributed by atoms with Gasteiger partial charge in [0.2, 0.25) is 0 Å². The van der Waals surface area contributed by atoms with Gasteiger partial charge in [-0.2, -0.15) is 5.06 Å². The molecule has 0 heterocycles. The van der Waals surface area contributed by atoms with Crippen molar-refractivity contribution in [3.05, 3.63) is 0 Å². The molecule has 2 rings (SSSR count). The van der Waals surface area contributed by atoms with Crippen LogP contribution in [0.1, 0.15) is 71.1 Å². The van der Waals surface area contributed by atoms with Crippen LogP contribution in [0.5, 0.6) is 0 Å². The van der Waals surface area contributed by atoms with Crippen LogP contribution in [0.25, 0.3) is 0 Å². The van der Waals surface area contributed by atoms with Crippen LogP contribution in [0.15, 0.2) is 0 Å². The largest absolute Gasteiger partial charge is 0.313 e. The Balaban J connectivity index is 1.66. The summed E-state index contributed by atoms with van der Waals surface area (Å²) in [5, 5.41) is 6.00. The molecule has 0 saturated heterocycles. The Bertz CT molecular complexity index is 223. The van der Waals surface area contributed by atoms with Gasteiger partial charge in [-0.1, -0.05) is 38.5 Å². The lowest BCUT2D eigenvalue weighted by molar-refractivity contribution is -0.187. The van der Waals surface area contributed by atoms with E-state index >= 15 is 0 Å². The Kier molecular flexibility index (Phi) is 7.18. The summed E-state index contributed by atoms with van der Waals surface area (Å²) in [6.07, 6.45) is 13.8. The third-order valence-corrected chi connectivity index (χ3v) is 4.65. The Morgan fingerprint density at radius 3 is 2.21 bits per heavy atom. The lowest BCUT2D eigenvalue weighted by Crippen LogP contribution is -2.43. The smallest absolute Gasteiger partial charge is 0.0657 e. The van der Waals surface area contributed by atoms with Gasteiger partial charge in [-0.05, 0) is 32.6 Å². The molecule has 112 valence electrons. The number of rotatable bonds is 7. The Morgan fingerprint density at radius 1 is 0.947 bits per heavy atom. The van der Waals surface area contributed by atoms with Crippen molar-refractivity contribution < 1.29 is 4.84 Å². The molecule has 1 N–H and O–H groups in total. The van der Waals surface area contributed by atoms with Crippen LogP contribution in [0.2, 0.25) is 0 Å². The quantitative estimate of drug-likeness (QED) is 0.715. The zero-order chi connectivity index (χ0) is 13.3. The highest BCUT2D eigenvalue weighted by molar-refractivity contribution is 4.75. The summed E-state index contributed by atoms with van der Waals surface area (Å²) in [5.41, 5.74) is 0. The van der Waals surface area contributed by atoms with Gasteiger partial charge in [0.1, 0.15) is 0 Å². The summed E-state index contributed by atoms with van der Waals surface area (Å²) < 4.78 is 0. The van der Waals surface area contributed by atoms with Crippen molar-refractivity contribution in [1.82, 2.24) is 10.4 Å². The fourth-order valence-corrected chi connectivity index (χ4v) is 3.57. The van der Waals surface area contributed by atoms with Gasteiger partial charge < -0.3 is 5.32 Å². The predicted octanol–water partition coefficient (Wildman–Crippen LogP) is 3.49. The van der Waals surface area contributed by atoms with E-state index in [1.54, 1.807) is 0 Å². The average Bonchev–Trinajstić information content (AvgIpc) is 2.48. The van der Waals surface area contributed by atoms with Gasteiger partial charge in [0.25, 0.3) is 0 Å². The second-order valence-corrected chi connectivity index (χ2v) is 6.14. The van der Waals surface area contributed by atoms with Crippen molar-refractivity contribution >= 4 is 0 Å². The SMILES string of the molecule is CCON(CCNC1CCCCC1)C1CCCCC1. The first kappa shape index (κ1) is 15.3. The van der Waals surface area contributed by atoms with Crippen LogP contribution in [0.3, 0.4) is 0 Å². The van der Waals surface area contributed by atoms with Gasteiger partial charge in [-0.3, -0.25) is 4.84 Å². The van der Waals surface area contributed by atoms with Crippen LogP contribution in [0.4, 0.5) is 0 Å². The molecule has 0 aliphatic heterocycles. The van der Waals surface area contributed by atoms with E-state index in [4.69, 9.17) is 4.84 Å². The summed E-state index contributed by atoms with van der Waals surface area (Å²) in [6.45, 7) is 5.04. The molecule has 19 heavy (non-hydrogen) atoms. The molecule has 0 aromatic heterocycles. The molecule has 0 aromatic carbocycles. The van der Waals surface area contributed by atoms with Crippen LogP contribution < -0.4 is 5.32 Å². The normalized spacial score (nSPS) is 23.1. The fraction of sp³-hybridized carbons (Fsp3) is 1.00. The highest BCUT2D eigenvalue weighted by Gasteiger charge is 2.21. The summed E-state index contributed by atoms with van der Waals surface area (Å²) in [5.74, 6) is 0. The molecule has 3 nitrogen and oxygen atoms in total. The maximum atomic E-state index is 5.86. The Morgan fingerprint density at radius 2 is 1.58 bits per heavy atom. The van der Waals surface area contributed by atoms with E-state index in [2.05, 4.69) is 17.3 Å². The molecule has 0 spiro atoms. The van der Waals surface area contributed by atoms with Gasteiger partial charge in [-0.25, -0.2) is 0 Å². The number of nitrogens with one attached hydrogen (secondary N) is 1. The maximum Gasteiger partial charge on any atom is 0.0657 e. The minimum atomic E-state index is 0.668. The first-order valence-electron chi connectivity index (χ1n) is 8.53. The zero-order valence-electron chi connectivity index (χ0n) is 12.7. The van der Waals surface area contributed by atoms with Crippen LogP contribution in [0, 0.1) is 0 Å². The van der Waals surface area contributed by atoms with Gasteiger partial charge >= 0.3 is 0 Å². The number of nitrogens with zero attached hydrogens (tertiary/aromatic N) is 1. The highest BCUT2D eigenvalue weighted by Crippen LogP contribution is 2.22. The Hall–Kier alpha value is -0.120. The second kappa shape index (κ2) is 8.93. The van der Waals surface area contributed by atoms with E-state index in [0.29, 0.717) is 6.04 Å². The van der Waals surface area contributed by atoms with Crippen molar-refractivity contribution in [3.63, 3.8) is 0 Å². The van der Waals surface area contributed by atoms with Crippen molar-refractivity contribution in [2.24, 2.45) is 0 Å². The third kappa shape index (κ3) is 5.41. The van der Waals surface area contributed by atoms with Crippen molar-refractivity contribution in [1.29, 1.82) is 0 Å². The second-order valence-electron chi connectivity index (χ2n) is 6.14. The van der Waals surface area contributed by atoms with Crippen molar-refractivity contribution in [2.75, 3.05) is 19.7 Å². The van der Waals surface area contributed by atoms with E-state index < -0.39 is 0 Å². The van der Waals surface area contributed by atoms with Gasteiger partial charge in [0.15, 0.2) is 0 Å². The summed E-state index contributed by atoms with van der Waals surface area (Å²) in [6, 6.07) is 1.44. The summed E-state index contributed by atoms with van der Waals surface area (Å²) in [4.78, 5) is 5.86. The van der Waals surface area contributed by atoms with E-state index in [1.807, 2.05) is 0 Å². The Labute approximate surface area is 119 Å². The van der Waals surface area contributed by atoms with E-state index in [0.717, 1.165) is 25.7 Å². The number of hydrogen-bond donors (Lipinski definition) is 1. The first-order chi connectivity index (χ1) is 9.40. The summed E-state index contributed by atoms with van der Waals surface area (Å²) >= 11 is 0. The third-order valence-electron chi connectivity index (χ3n) is 4.65.